The van der Waals surface area contributed by atoms with Crippen LogP contribution >= 0.6 is 28.1 Å². The van der Waals surface area contributed by atoms with Crippen molar-refractivity contribution >= 4 is 51.0 Å². The molecule has 0 saturated carbocycles. The number of piperazine rings is 1. The summed E-state index contributed by atoms with van der Waals surface area (Å²) < 4.78 is 11.9. The summed E-state index contributed by atoms with van der Waals surface area (Å²) in [6.07, 6.45) is 9.09. The highest BCUT2D eigenvalue weighted by atomic mass is 79.9. The van der Waals surface area contributed by atoms with Gasteiger partial charge in [0.25, 0.3) is 5.91 Å². The van der Waals surface area contributed by atoms with Gasteiger partial charge in [0.15, 0.2) is 5.11 Å². The van der Waals surface area contributed by atoms with Gasteiger partial charge in [-0.2, -0.15) is 0 Å². The monoisotopic (exact) mass is 611 g/mol. The number of carbonyl (C=O) groups excluding carboxylic acids is 3. The van der Waals surface area contributed by atoms with Crippen molar-refractivity contribution < 1.29 is 23.9 Å². The van der Waals surface area contributed by atoms with Crippen molar-refractivity contribution in [1.82, 2.24) is 15.5 Å². The van der Waals surface area contributed by atoms with Crippen LogP contribution in [0.1, 0.15) is 88.9 Å². The topological polar surface area (TPSA) is 97.0 Å². The molecule has 1 heterocycles. The van der Waals surface area contributed by atoms with Gasteiger partial charge in [-0.1, -0.05) is 81.6 Å². The molecule has 1 aliphatic heterocycles. The normalized spacial score (nSPS) is 15.2. The first-order valence-electron chi connectivity index (χ1n) is 13.7. The Bertz CT molecular complexity index is 943. The number of benzene rings is 1. The lowest BCUT2D eigenvalue weighted by atomic mass is 10.1. The van der Waals surface area contributed by atoms with Gasteiger partial charge in [0.05, 0.1) is 25.2 Å². The van der Waals surface area contributed by atoms with Crippen LogP contribution in [-0.2, 0) is 14.3 Å². The Morgan fingerprint density at radius 3 is 2.53 bits per heavy atom. The first kappa shape index (κ1) is 32.0. The van der Waals surface area contributed by atoms with Crippen molar-refractivity contribution in [2.45, 2.75) is 84.6 Å². The largest absolute Gasteiger partial charge is 0.492 e. The number of ether oxygens (including phenoxy) is 2. The second kappa shape index (κ2) is 17.4. The van der Waals surface area contributed by atoms with Gasteiger partial charge in [-0.3, -0.25) is 19.7 Å². The summed E-state index contributed by atoms with van der Waals surface area (Å²) in [6.45, 7) is 7.78. The standard InChI is InChI=1S/C28H42BrN3O5S/c1-4-5-6-7-8-9-10-11-16-36-25(33)18-23-27(35)30-14-15-32(23)28(38)31-26(34)22-17-21(29)12-13-24(22)37-19-20(2)3/h12-13,17,20,23H,4-11,14-16,18-19H2,1-3H3,(H,30,35)(H,31,34,38). The molecular formula is C28H42BrN3O5S. The van der Waals surface area contributed by atoms with E-state index in [1.807, 2.05) is 13.8 Å². The summed E-state index contributed by atoms with van der Waals surface area (Å²) in [5, 5.41) is 5.57. The van der Waals surface area contributed by atoms with Crippen molar-refractivity contribution in [1.29, 1.82) is 0 Å². The molecule has 2 rings (SSSR count). The van der Waals surface area contributed by atoms with Crippen LogP contribution in [0, 0.1) is 5.92 Å². The minimum Gasteiger partial charge on any atom is -0.492 e. The summed E-state index contributed by atoms with van der Waals surface area (Å²) in [6, 6.07) is 4.34. The van der Waals surface area contributed by atoms with Crippen LogP contribution < -0.4 is 15.4 Å². The number of esters is 1. The maximum Gasteiger partial charge on any atom is 0.308 e. The molecule has 1 unspecified atom stereocenters. The van der Waals surface area contributed by atoms with E-state index in [1.165, 1.54) is 32.1 Å². The zero-order chi connectivity index (χ0) is 27.9. The predicted octanol–water partition coefficient (Wildman–Crippen LogP) is 5.37. The molecule has 0 bridgehead atoms. The molecule has 2 amide bonds. The third-order valence-corrected chi connectivity index (χ3v) is 7.02. The third kappa shape index (κ3) is 11.3. The van der Waals surface area contributed by atoms with Gasteiger partial charge in [-0.05, 0) is 42.8 Å². The molecule has 1 aliphatic rings. The zero-order valence-electron chi connectivity index (χ0n) is 22.9. The van der Waals surface area contributed by atoms with Crippen molar-refractivity contribution in [3.63, 3.8) is 0 Å². The van der Waals surface area contributed by atoms with Gasteiger partial charge in [0, 0.05) is 17.6 Å². The molecule has 1 atom stereocenters. The summed E-state index contributed by atoms with van der Waals surface area (Å²) in [7, 11) is 0. The van der Waals surface area contributed by atoms with Gasteiger partial charge in [-0.25, -0.2) is 0 Å². The minimum atomic E-state index is -0.846. The molecule has 8 nitrogen and oxygen atoms in total. The molecule has 2 N–H and O–H groups in total. The van der Waals surface area contributed by atoms with Crippen LogP contribution in [0.2, 0.25) is 0 Å². The summed E-state index contributed by atoms with van der Waals surface area (Å²) in [5.41, 5.74) is 0.324. The fourth-order valence-corrected chi connectivity index (χ4v) is 4.77. The van der Waals surface area contributed by atoms with E-state index in [0.717, 1.165) is 23.7 Å². The number of hydrogen-bond donors (Lipinski definition) is 2. The highest BCUT2D eigenvalue weighted by molar-refractivity contribution is 9.10. The Hall–Kier alpha value is -2.20. The van der Waals surface area contributed by atoms with E-state index in [0.29, 0.717) is 43.5 Å². The number of carbonyl (C=O) groups is 3. The van der Waals surface area contributed by atoms with E-state index in [-0.39, 0.29) is 17.4 Å². The van der Waals surface area contributed by atoms with Crippen molar-refractivity contribution in [2.75, 3.05) is 26.3 Å². The fraction of sp³-hybridized carbons (Fsp3) is 0.643. The Morgan fingerprint density at radius 1 is 1.16 bits per heavy atom. The SMILES string of the molecule is CCCCCCCCCCOC(=O)CC1C(=O)NCCN1C(=S)NC(=O)c1cc(Br)ccc1OCC(C)C. The number of hydrogen-bond acceptors (Lipinski definition) is 6. The van der Waals surface area contributed by atoms with Gasteiger partial charge in [0.1, 0.15) is 11.8 Å². The van der Waals surface area contributed by atoms with Crippen LogP contribution in [0.5, 0.6) is 5.75 Å². The van der Waals surface area contributed by atoms with E-state index >= 15 is 0 Å². The summed E-state index contributed by atoms with van der Waals surface area (Å²) in [5.74, 6) is -0.485. The molecule has 0 radical (unpaired) electrons. The molecular weight excluding hydrogens is 570 g/mol. The lowest BCUT2D eigenvalue weighted by Gasteiger charge is -2.36. The number of nitrogens with one attached hydrogen (secondary N) is 2. The van der Waals surface area contributed by atoms with Crippen LogP contribution in [0.3, 0.4) is 0 Å². The maximum absolute atomic E-state index is 13.1. The summed E-state index contributed by atoms with van der Waals surface area (Å²) in [4.78, 5) is 39.8. The Kier molecular flexibility index (Phi) is 14.7. The van der Waals surface area contributed by atoms with Gasteiger partial charge in [-0.15, -0.1) is 0 Å². The van der Waals surface area contributed by atoms with Crippen LogP contribution in [0.4, 0.5) is 0 Å². The molecule has 1 aromatic rings. The average Bonchev–Trinajstić information content (AvgIpc) is 2.87. The smallest absolute Gasteiger partial charge is 0.308 e. The van der Waals surface area contributed by atoms with Gasteiger partial charge >= 0.3 is 5.97 Å². The van der Waals surface area contributed by atoms with Gasteiger partial charge in [0.2, 0.25) is 5.91 Å². The predicted molar refractivity (Wildman–Crippen MR) is 156 cm³/mol. The van der Waals surface area contributed by atoms with Crippen molar-refractivity contribution in [3.05, 3.63) is 28.2 Å². The molecule has 1 fully saturated rings. The van der Waals surface area contributed by atoms with Crippen LogP contribution in [0.25, 0.3) is 0 Å². The number of thiocarbonyl (C=S) groups is 1. The van der Waals surface area contributed by atoms with Crippen LogP contribution in [0.15, 0.2) is 22.7 Å². The first-order valence-corrected chi connectivity index (χ1v) is 14.9. The summed E-state index contributed by atoms with van der Waals surface area (Å²) >= 11 is 8.89. The second-order valence-electron chi connectivity index (χ2n) is 10.0. The van der Waals surface area contributed by atoms with Gasteiger partial charge < -0.3 is 19.7 Å². The van der Waals surface area contributed by atoms with E-state index in [4.69, 9.17) is 21.7 Å². The molecule has 1 aromatic carbocycles. The maximum atomic E-state index is 13.1. The third-order valence-electron chi connectivity index (χ3n) is 6.19. The fourth-order valence-electron chi connectivity index (χ4n) is 4.10. The first-order chi connectivity index (χ1) is 18.2. The Morgan fingerprint density at radius 2 is 1.84 bits per heavy atom. The highest BCUT2D eigenvalue weighted by Crippen LogP contribution is 2.24. The van der Waals surface area contributed by atoms with E-state index in [2.05, 4.69) is 33.5 Å². The molecule has 38 heavy (non-hydrogen) atoms. The van der Waals surface area contributed by atoms with E-state index in [1.54, 1.807) is 23.1 Å². The zero-order valence-corrected chi connectivity index (χ0v) is 25.3. The molecule has 0 aromatic heterocycles. The van der Waals surface area contributed by atoms with E-state index in [9.17, 15) is 14.4 Å². The molecule has 1 saturated heterocycles. The molecule has 212 valence electrons. The Labute approximate surface area is 240 Å². The molecule has 10 heteroatoms. The highest BCUT2D eigenvalue weighted by Gasteiger charge is 2.34. The quantitative estimate of drug-likeness (QED) is 0.156. The Balaban J connectivity index is 1.89. The number of rotatable bonds is 15. The van der Waals surface area contributed by atoms with Crippen LogP contribution in [-0.4, -0.2) is 60.1 Å². The number of unbranched alkanes of at least 4 members (excludes halogenated alkanes) is 7. The second-order valence-corrected chi connectivity index (χ2v) is 11.3. The average molecular weight is 613 g/mol. The van der Waals surface area contributed by atoms with Crippen molar-refractivity contribution in [2.24, 2.45) is 5.92 Å². The van der Waals surface area contributed by atoms with E-state index < -0.39 is 17.9 Å². The molecule has 0 spiro atoms. The number of amides is 2. The number of halogens is 1. The lowest BCUT2D eigenvalue weighted by Crippen LogP contribution is -2.60. The molecule has 0 aliphatic carbocycles. The minimum absolute atomic E-state index is 0.0838. The van der Waals surface area contributed by atoms with Crippen molar-refractivity contribution in [3.8, 4) is 5.75 Å². The number of nitrogens with zero attached hydrogens (tertiary/aromatic N) is 1. The lowest BCUT2D eigenvalue weighted by molar-refractivity contribution is -0.147.